The Labute approximate surface area is 205 Å². The maximum Gasteiger partial charge on any atom is 0.303 e. The van der Waals surface area contributed by atoms with Gasteiger partial charge in [0.25, 0.3) is 0 Å². The molecule has 3 N–H and O–H groups in total. The molecule has 0 aliphatic heterocycles. The van der Waals surface area contributed by atoms with Gasteiger partial charge in [-0.15, -0.1) is 0 Å². The summed E-state index contributed by atoms with van der Waals surface area (Å²) in [5, 5.41) is 30.7. The second-order valence-electron chi connectivity index (χ2n) is 8.91. The molecule has 0 saturated carbocycles. The average molecular weight is 513 g/mol. The first-order valence-electron chi connectivity index (χ1n) is 11.5. The van der Waals surface area contributed by atoms with E-state index in [0.717, 1.165) is 18.2 Å². The molecule has 1 aliphatic rings. The molecule has 8 nitrogen and oxygen atoms in total. The summed E-state index contributed by atoms with van der Waals surface area (Å²) < 4.78 is 46.6. The third-order valence-electron chi connectivity index (χ3n) is 6.08. The summed E-state index contributed by atoms with van der Waals surface area (Å²) in [5.74, 6) is -4.91. The van der Waals surface area contributed by atoms with Gasteiger partial charge in [-0.1, -0.05) is 33.3 Å². The highest BCUT2D eigenvalue weighted by Gasteiger charge is 2.45. The third-order valence-corrected chi connectivity index (χ3v) is 8.05. The number of benzene rings is 1. The Morgan fingerprint density at radius 3 is 2.43 bits per heavy atom. The SMILES string of the molecule is CCCC1C(Oc2ccc([C@H](O)[C@@H](C)CC(=O)O)c(S(=O)(=O)CCC)c2)=C(F)C=CC1(O)C(C)=O. The molecule has 2 unspecified atom stereocenters. The molecule has 0 amide bonds. The van der Waals surface area contributed by atoms with Crippen LogP contribution in [0.1, 0.15) is 65.0 Å². The van der Waals surface area contributed by atoms with Crippen LogP contribution in [0, 0.1) is 11.8 Å². The van der Waals surface area contributed by atoms with Gasteiger partial charge in [0.05, 0.1) is 29.1 Å². The number of allylic oxidation sites excluding steroid dienone is 2. The Kier molecular flexibility index (Phi) is 9.38. The summed E-state index contributed by atoms with van der Waals surface area (Å²) >= 11 is 0. The summed E-state index contributed by atoms with van der Waals surface area (Å²) in [6.07, 6.45) is 1.32. The molecular weight excluding hydrogens is 479 g/mol. The molecule has 0 fully saturated rings. The van der Waals surface area contributed by atoms with E-state index in [-0.39, 0.29) is 40.6 Å². The summed E-state index contributed by atoms with van der Waals surface area (Å²) in [6.45, 7) is 6.16. The Balaban J connectivity index is 2.58. The normalized spacial score (nSPS) is 22.1. The average Bonchev–Trinajstić information content (AvgIpc) is 2.77. The molecule has 0 spiro atoms. The number of rotatable bonds is 12. The first-order chi connectivity index (χ1) is 16.3. The monoisotopic (exact) mass is 512 g/mol. The van der Waals surface area contributed by atoms with Crippen molar-refractivity contribution in [3.63, 3.8) is 0 Å². The van der Waals surface area contributed by atoms with Crippen molar-refractivity contribution >= 4 is 21.6 Å². The van der Waals surface area contributed by atoms with Gasteiger partial charge >= 0.3 is 5.97 Å². The second-order valence-corrected chi connectivity index (χ2v) is 11.0. The van der Waals surface area contributed by atoms with Gasteiger partial charge in [0.2, 0.25) is 0 Å². The Bertz CT molecular complexity index is 1120. The van der Waals surface area contributed by atoms with Crippen molar-refractivity contribution in [1.82, 2.24) is 0 Å². The molecule has 0 aromatic heterocycles. The number of ether oxygens (including phenoxy) is 1. The van der Waals surface area contributed by atoms with E-state index in [1.807, 2.05) is 0 Å². The van der Waals surface area contributed by atoms with E-state index in [0.29, 0.717) is 12.8 Å². The summed E-state index contributed by atoms with van der Waals surface area (Å²) in [6, 6.07) is 3.81. The van der Waals surface area contributed by atoms with Crippen LogP contribution in [0.3, 0.4) is 0 Å². The Morgan fingerprint density at radius 2 is 1.89 bits per heavy atom. The van der Waals surface area contributed by atoms with Crippen molar-refractivity contribution in [2.75, 3.05) is 5.75 Å². The lowest BCUT2D eigenvalue weighted by atomic mass is 9.77. The molecule has 10 heteroatoms. The lowest BCUT2D eigenvalue weighted by Crippen LogP contribution is -2.46. The van der Waals surface area contributed by atoms with E-state index in [1.54, 1.807) is 13.8 Å². The van der Waals surface area contributed by atoms with Crippen molar-refractivity contribution in [1.29, 1.82) is 0 Å². The first-order valence-corrected chi connectivity index (χ1v) is 13.2. The van der Waals surface area contributed by atoms with E-state index in [9.17, 15) is 32.6 Å². The fourth-order valence-corrected chi connectivity index (χ4v) is 5.78. The van der Waals surface area contributed by atoms with Crippen LogP contribution in [0.4, 0.5) is 4.39 Å². The smallest absolute Gasteiger partial charge is 0.303 e. The summed E-state index contributed by atoms with van der Waals surface area (Å²) in [7, 11) is -3.90. The number of aliphatic hydroxyl groups is 2. The molecular formula is C25H33FO8S. The molecule has 0 heterocycles. The number of aliphatic hydroxyl groups excluding tert-OH is 1. The van der Waals surface area contributed by atoms with Crippen LogP contribution >= 0.6 is 0 Å². The van der Waals surface area contributed by atoms with Gasteiger partial charge in [-0.2, -0.15) is 0 Å². The zero-order valence-electron chi connectivity index (χ0n) is 20.3. The van der Waals surface area contributed by atoms with Crippen LogP contribution in [0.5, 0.6) is 5.75 Å². The minimum Gasteiger partial charge on any atom is -0.481 e. The highest BCUT2D eigenvalue weighted by molar-refractivity contribution is 7.91. The van der Waals surface area contributed by atoms with Crippen LogP contribution < -0.4 is 4.74 Å². The highest BCUT2D eigenvalue weighted by Crippen LogP contribution is 2.40. The van der Waals surface area contributed by atoms with Crippen LogP contribution in [0.15, 0.2) is 46.8 Å². The maximum atomic E-state index is 14.8. The van der Waals surface area contributed by atoms with E-state index in [4.69, 9.17) is 9.84 Å². The van der Waals surface area contributed by atoms with E-state index in [1.165, 1.54) is 26.0 Å². The molecule has 2 rings (SSSR count). The zero-order chi connectivity index (χ0) is 26.6. The van der Waals surface area contributed by atoms with Crippen molar-refractivity contribution in [3.05, 3.63) is 47.5 Å². The van der Waals surface area contributed by atoms with E-state index < -0.39 is 51.0 Å². The van der Waals surface area contributed by atoms with Crippen molar-refractivity contribution in [2.24, 2.45) is 11.8 Å². The lowest BCUT2D eigenvalue weighted by molar-refractivity contribution is -0.139. The van der Waals surface area contributed by atoms with Gasteiger partial charge in [0.15, 0.2) is 27.0 Å². The van der Waals surface area contributed by atoms with Crippen molar-refractivity contribution in [3.8, 4) is 5.75 Å². The van der Waals surface area contributed by atoms with Gasteiger partial charge < -0.3 is 20.1 Å². The lowest BCUT2D eigenvalue weighted by Gasteiger charge is -2.35. The third kappa shape index (κ3) is 6.36. The number of hydrogen-bond acceptors (Lipinski definition) is 7. The standard InChI is InChI=1S/C25H33FO8S/c1-5-7-19-24(20(26)10-11-25(19,31)16(4)27)34-17-8-9-18(23(30)15(3)13-22(28)29)21(14-17)35(32,33)12-6-2/h8-11,14-15,19,23,30-31H,5-7,12-13H2,1-4H3,(H,28,29)/t15-,19?,23+,25?/m0/s1. The minimum absolute atomic E-state index is 0.0166. The number of carbonyl (C=O) groups excluding carboxylic acids is 1. The zero-order valence-corrected chi connectivity index (χ0v) is 21.1. The Hall–Kier alpha value is -2.56. The fraction of sp³-hybridized carbons (Fsp3) is 0.520. The molecule has 0 saturated heterocycles. The summed E-state index contributed by atoms with van der Waals surface area (Å²) in [5.41, 5.74) is -1.96. The quantitative estimate of drug-likeness (QED) is 0.384. The van der Waals surface area contributed by atoms with Gasteiger partial charge in [0.1, 0.15) is 11.5 Å². The number of hydrogen-bond donors (Lipinski definition) is 3. The largest absolute Gasteiger partial charge is 0.481 e. The van der Waals surface area contributed by atoms with Crippen molar-refractivity contribution in [2.45, 2.75) is 70.0 Å². The number of halogens is 1. The van der Waals surface area contributed by atoms with Crippen LogP contribution in [0.25, 0.3) is 0 Å². The molecule has 1 aromatic carbocycles. The van der Waals surface area contributed by atoms with Gasteiger partial charge in [-0.25, -0.2) is 12.8 Å². The first kappa shape index (κ1) is 28.7. The highest BCUT2D eigenvalue weighted by atomic mass is 32.2. The molecule has 0 bridgehead atoms. The van der Waals surface area contributed by atoms with E-state index in [2.05, 4.69) is 0 Å². The van der Waals surface area contributed by atoms with Crippen LogP contribution in [-0.4, -0.2) is 46.8 Å². The van der Waals surface area contributed by atoms with Crippen LogP contribution in [-0.2, 0) is 19.4 Å². The molecule has 194 valence electrons. The number of sulfone groups is 1. The molecule has 35 heavy (non-hydrogen) atoms. The predicted molar refractivity (Wildman–Crippen MR) is 127 cm³/mol. The molecule has 1 aromatic rings. The van der Waals surface area contributed by atoms with Gasteiger partial charge in [-0.05, 0) is 55.5 Å². The van der Waals surface area contributed by atoms with Crippen LogP contribution in [0.2, 0.25) is 0 Å². The number of carbonyl (C=O) groups is 2. The van der Waals surface area contributed by atoms with E-state index >= 15 is 0 Å². The fourth-order valence-electron chi connectivity index (χ4n) is 4.18. The Morgan fingerprint density at radius 1 is 1.23 bits per heavy atom. The van der Waals surface area contributed by atoms with Gasteiger partial charge in [0, 0.05) is 0 Å². The second kappa shape index (κ2) is 11.5. The van der Waals surface area contributed by atoms with Crippen molar-refractivity contribution < 1.29 is 42.5 Å². The summed E-state index contributed by atoms with van der Waals surface area (Å²) in [4.78, 5) is 23.0. The molecule has 1 aliphatic carbocycles. The topological polar surface area (TPSA) is 138 Å². The maximum absolute atomic E-state index is 14.8. The minimum atomic E-state index is -3.90. The number of ketones is 1. The number of Topliss-reactive ketones (excluding diaryl/α,β-unsaturated/α-hetero) is 1. The number of carboxylic acid groups (broad SMARTS) is 1. The molecule has 0 radical (unpaired) electrons. The number of aliphatic carboxylic acids is 1. The van der Waals surface area contributed by atoms with Gasteiger partial charge in [-0.3, -0.25) is 9.59 Å². The predicted octanol–water partition coefficient (Wildman–Crippen LogP) is 3.88. The number of carboxylic acids is 1. The molecule has 4 atom stereocenters.